The first-order valence-electron chi connectivity index (χ1n) is 6.47. The minimum absolute atomic E-state index is 0.106. The lowest BCUT2D eigenvalue weighted by Gasteiger charge is -2.08. The van der Waals surface area contributed by atoms with E-state index in [0.29, 0.717) is 6.54 Å². The molecule has 21 heavy (non-hydrogen) atoms. The molecule has 2 aromatic carbocycles. The van der Waals surface area contributed by atoms with Gasteiger partial charge in [-0.25, -0.2) is 4.98 Å². The molecular formula is C16H14N2O2S. The maximum Gasteiger partial charge on any atom is 0.157 e. The highest BCUT2D eigenvalue weighted by molar-refractivity contribution is 7.13. The summed E-state index contributed by atoms with van der Waals surface area (Å²) in [6, 6.07) is 12.8. The number of hydrogen-bond acceptors (Lipinski definition) is 5. The first-order chi connectivity index (χ1) is 10.2. The fourth-order valence-electron chi connectivity index (χ4n) is 2.01. The van der Waals surface area contributed by atoms with Crippen LogP contribution in [-0.2, 0) is 6.54 Å². The Bertz CT molecular complexity index is 742. The predicted molar refractivity (Wildman–Crippen MR) is 84.6 cm³/mol. The lowest BCUT2D eigenvalue weighted by Crippen LogP contribution is -1.99. The van der Waals surface area contributed by atoms with Gasteiger partial charge >= 0.3 is 0 Å². The van der Waals surface area contributed by atoms with Crippen molar-refractivity contribution >= 4 is 17.0 Å². The molecule has 3 aromatic rings. The van der Waals surface area contributed by atoms with Crippen molar-refractivity contribution < 1.29 is 10.2 Å². The number of nitrogens with one attached hydrogen (secondary N) is 1. The van der Waals surface area contributed by atoms with Crippen molar-refractivity contribution in [2.24, 2.45) is 0 Å². The van der Waals surface area contributed by atoms with E-state index in [2.05, 4.69) is 10.3 Å². The number of nitrogens with zero attached hydrogens (tertiary/aromatic N) is 1. The van der Waals surface area contributed by atoms with Gasteiger partial charge in [-0.2, -0.15) is 0 Å². The summed E-state index contributed by atoms with van der Waals surface area (Å²) in [5, 5.41) is 25.0. The second kappa shape index (κ2) is 5.85. The monoisotopic (exact) mass is 298 g/mol. The van der Waals surface area contributed by atoms with Gasteiger partial charge in [0.05, 0.1) is 0 Å². The molecule has 1 heterocycles. The molecule has 0 fully saturated rings. The zero-order valence-corrected chi connectivity index (χ0v) is 12.0. The van der Waals surface area contributed by atoms with E-state index in [4.69, 9.17) is 0 Å². The summed E-state index contributed by atoms with van der Waals surface area (Å²) in [6.45, 7) is 0.565. The maximum atomic E-state index is 9.48. The Morgan fingerprint density at radius 1 is 1.05 bits per heavy atom. The third-order valence-corrected chi connectivity index (χ3v) is 3.90. The number of benzene rings is 2. The summed E-state index contributed by atoms with van der Waals surface area (Å²) in [4.78, 5) is 4.30. The number of anilines is 1. The minimum Gasteiger partial charge on any atom is -0.504 e. The second-order valence-corrected chi connectivity index (χ2v) is 5.49. The number of thiazole rings is 1. The number of rotatable bonds is 4. The molecule has 106 valence electrons. The van der Waals surface area contributed by atoms with Gasteiger partial charge in [-0.05, 0) is 29.8 Å². The molecular weight excluding hydrogens is 284 g/mol. The highest BCUT2D eigenvalue weighted by Crippen LogP contribution is 2.27. The largest absolute Gasteiger partial charge is 0.504 e. The van der Waals surface area contributed by atoms with Gasteiger partial charge in [0, 0.05) is 29.4 Å². The molecule has 0 unspecified atom stereocenters. The van der Waals surface area contributed by atoms with Gasteiger partial charge in [-0.3, -0.25) is 0 Å². The molecule has 0 aliphatic rings. The number of aromatic nitrogens is 1. The molecule has 3 N–H and O–H groups in total. The van der Waals surface area contributed by atoms with E-state index in [-0.39, 0.29) is 11.5 Å². The Morgan fingerprint density at radius 2 is 1.95 bits per heavy atom. The first-order valence-corrected chi connectivity index (χ1v) is 7.35. The SMILES string of the molecule is Oc1ccc(CNc2cccc(-c3nccs3)c2)cc1O. The lowest BCUT2D eigenvalue weighted by atomic mass is 10.1. The fraction of sp³-hybridized carbons (Fsp3) is 0.0625. The van der Waals surface area contributed by atoms with E-state index in [9.17, 15) is 10.2 Å². The van der Waals surface area contributed by atoms with Crippen LogP contribution >= 0.6 is 11.3 Å². The van der Waals surface area contributed by atoms with Crippen molar-refractivity contribution in [1.82, 2.24) is 4.98 Å². The van der Waals surface area contributed by atoms with Crippen molar-refractivity contribution in [2.75, 3.05) is 5.32 Å². The summed E-state index contributed by atoms with van der Waals surface area (Å²) in [5.74, 6) is -0.213. The van der Waals surface area contributed by atoms with Crippen LogP contribution in [0.25, 0.3) is 10.6 Å². The van der Waals surface area contributed by atoms with Crippen LogP contribution in [0.1, 0.15) is 5.56 Å². The number of phenols is 2. The third-order valence-electron chi connectivity index (χ3n) is 3.08. The van der Waals surface area contributed by atoms with Crippen LogP contribution in [0, 0.1) is 0 Å². The van der Waals surface area contributed by atoms with Gasteiger partial charge in [0.25, 0.3) is 0 Å². The second-order valence-electron chi connectivity index (χ2n) is 4.59. The average molecular weight is 298 g/mol. The third kappa shape index (κ3) is 3.14. The zero-order chi connectivity index (χ0) is 14.7. The predicted octanol–water partition coefficient (Wildman–Crippen LogP) is 3.83. The summed E-state index contributed by atoms with van der Waals surface area (Å²) in [5.41, 5.74) is 2.95. The zero-order valence-electron chi connectivity index (χ0n) is 11.2. The van der Waals surface area contributed by atoms with E-state index < -0.39 is 0 Å². The van der Waals surface area contributed by atoms with E-state index >= 15 is 0 Å². The molecule has 0 spiro atoms. The summed E-state index contributed by atoms with van der Waals surface area (Å²) in [7, 11) is 0. The quantitative estimate of drug-likeness (QED) is 0.640. The van der Waals surface area contributed by atoms with Crippen molar-refractivity contribution in [3.63, 3.8) is 0 Å². The topological polar surface area (TPSA) is 65.4 Å². The Kier molecular flexibility index (Phi) is 3.75. The van der Waals surface area contributed by atoms with Crippen LogP contribution in [0.5, 0.6) is 11.5 Å². The number of hydrogen-bond donors (Lipinski definition) is 3. The molecule has 1 aromatic heterocycles. The van der Waals surface area contributed by atoms with Crippen molar-refractivity contribution in [3.8, 4) is 22.1 Å². The molecule has 0 radical (unpaired) electrons. The normalized spacial score (nSPS) is 10.5. The molecule has 3 rings (SSSR count). The molecule has 5 heteroatoms. The lowest BCUT2D eigenvalue weighted by molar-refractivity contribution is 0.403. The van der Waals surface area contributed by atoms with Gasteiger partial charge in [-0.1, -0.05) is 18.2 Å². The van der Waals surface area contributed by atoms with Crippen molar-refractivity contribution in [2.45, 2.75) is 6.54 Å². The number of aromatic hydroxyl groups is 2. The van der Waals surface area contributed by atoms with Crippen molar-refractivity contribution in [1.29, 1.82) is 0 Å². The Hall–Kier alpha value is -2.53. The standard InChI is InChI=1S/C16H14N2O2S/c19-14-5-4-11(8-15(14)20)10-18-13-3-1-2-12(9-13)16-17-6-7-21-16/h1-9,18-20H,10H2. The van der Waals surface area contributed by atoms with Gasteiger partial charge in [0.1, 0.15) is 5.01 Å². The first kappa shape index (κ1) is 13.5. The highest BCUT2D eigenvalue weighted by atomic mass is 32.1. The molecule has 4 nitrogen and oxygen atoms in total. The van der Waals surface area contributed by atoms with Crippen LogP contribution in [0.2, 0.25) is 0 Å². The van der Waals surface area contributed by atoms with Crippen molar-refractivity contribution in [3.05, 3.63) is 59.6 Å². The van der Waals surface area contributed by atoms with Crippen LogP contribution in [0.3, 0.4) is 0 Å². The maximum absolute atomic E-state index is 9.48. The van der Waals surface area contributed by atoms with E-state index in [1.165, 1.54) is 6.07 Å². The fourth-order valence-corrected chi connectivity index (χ4v) is 2.65. The molecule has 0 bridgehead atoms. The molecule has 0 aliphatic carbocycles. The van der Waals surface area contributed by atoms with Gasteiger partial charge < -0.3 is 15.5 Å². The van der Waals surface area contributed by atoms with Gasteiger partial charge in [0.2, 0.25) is 0 Å². The molecule has 0 saturated heterocycles. The Balaban J connectivity index is 1.73. The smallest absolute Gasteiger partial charge is 0.157 e. The van der Waals surface area contributed by atoms with Crippen LogP contribution < -0.4 is 5.32 Å². The summed E-state index contributed by atoms with van der Waals surface area (Å²) < 4.78 is 0. The molecule has 0 aliphatic heterocycles. The molecule has 0 saturated carbocycles. The average Bonchev–Trinajstić information content (AvgIpc) is 3.03. The Morgan fingerprint density at radius 3 is 2.71 bits per heavy atom. The summed E-state index contributed by atoms with van der Waals surface area (Å²) >= 11 is 1.60. The molecule has 0 amide bonds. The van der Waals surface area contributed by atoms with Crippen LogP contribution in [-0.4, -0.2) is 15.2 Å². The van der Waals surface area contributed by atoms with Gasteiger partial charge in [-0.15, -0.1) is 11.3 Å². The summed E-state index contributed by atoms with van der Waals surface area (Å²) in [6.07, 6.45) is 1.79. The van der Waals surface area contributed by atoms with Crippen LogP contribution in [0.15, 0.2) is 54.0 Å². The highest BCUT2D eigenvalue weighted by Gasteiger charge is 2.03. The number of phenolic OH excluding ortho intramolecular Hbond substituents is 2. The van der Waals surface area contributed by atoms with E-state index in [0.717, 1.165) is 21.8 Å². The van der Waals surface area contributed by atoms with E-state index in [1.54, 1.807) is 29.7 Å². The Labute approximate surface area is 126 Å². The van der Waals surface area contributed by atoms with Gasteiger partial charge in [0.15, 0.2) is 11.5 Å². The minimum atomic E-state index is -0.107. The molecule has 0 atom stereocenters. The van der Waals surface area contributed by atoms with E-state index in [1.807, 2.05) is 29.6 Å². The van der Waals surface area contributed by atoms with Crippen LogP contribution in [0.4, 0.5) is 5.69 Å².